The first-order valence-electron chi connectivity index (χ1n) is 11.5. The Morgan fingerprint density at radius 2 is 1.63 bits per heavy atom. The van der Waals surface area contributed by atoms with Crippen LogP contribution in [0.3, 0.4) is 0 Å². The van der Waals surface area contributed by atoms with Crippen molar-refractivity contribution in [2.24, 2.45) is 29.6 Å². The van der Waals surface area contributed by atoms with Crippen molar-refractivity contribution in [2.75, 3.05) is 16.3 Å². The number of hydrogen-bond acceptors (Lipinski definition) is 5. The van der Waals surface area contributed by atoms with Crippen LogP contribution in [0.25, 0.3) is 0 Å². The third-order valence-corrected chi connectivity index (χ3v) is 8.25. The van der Waals surface area contributed by atoms with Crippen LogP contribution in [0.5, 0.6) is 5.75 Å². The zero-order valence-corrected chi connectivity index (χ0v) is 19.9. The smallest absolute Gasteiger partial charge is 0.316 e. The van der Waals surface area contributed by atoms with E-state index in [2.05, 4.69) is 0 Å². The summed E-state index contributed by atoms with van der Waals surface area (Å²) in [6.45, 7) is 0.111. The minimum atomic E-state index is -0.697. The highest BCUT2D eigenvalue weighted by Gasteiger charge is 2.59. The fraction of sp³-hybridized carbons (Fsp3) is 0.308. The molecule has 9 heteroatoms. The number of carbonyl (C=O) groups is 4. The minimum Gasteiger partial charge on any atom is -0.426 e. The Morgan fingerprint density at radius 1 is 0.943 bits per heavy atom. The number of nitrogens with zero attached hydrogens (tertiary/aromatic N) is 2. The zero-order valence-electron chi connectivity index (χ0n) is 18.4. The molecule has 1 saturated carbocycles. The van der Waals surface area contributed by atoms with Gasteiger partial charge in [-0.05, 0) is 42.5 Å². The Kier molecular flexibility index (Phi) is 5.23. The predicted octanol–water partition coefficient (Wildman–Crippen LogP) is 4.26. The fourth-order valence-electron chi connectivity index (χ4n) is 5.84. The maximum atomic E-state index is 13.1. The number of rotatable bonds is 4. The highest BCUT2D eigenvalue weighted by Crippen LogP contribution is 2.53. The topological polar surface area (TPSA) is 84.0 Å². The van der Waals surface area contributed by atoms with E-state index in [0.717, 1.165) is 6.42 Å². The molecule has 2 bridgehead atoms. The van der Waals surface area contributed by atoms with Gasteiger partial charge in [-0.25, -0.2) is 4.90 Å². The number of esters is 1. The second kappa shape index (κ2) is 8.21. The van der Waals surface area contributed by atoms with Crippen molar-refractivity contribution in [3.8, 4) is 5.75 Å². The first-order valence-corrected chi connectivity index (χ1v) is 12.2. The summed E-state index contributed by atoms with van der Waals surface area (Å²) in [6, 6.07) is 11.4. The quantitative estimate of drug-likeness (QED) is 0.265. The molecular weight excluding hydrogens is 491 g/mol. The van der Waals surface area contributed by atoms with Crippen LogP contribution in [0.4, 0.5) is 11.4 Å². The van der Waals surface area contributed by atoms with Crippen LogP contribution < -0.4 is 14.5 Å². The van der Waals surface area contributed by atoms with Crippen molar-refractivity contribution in [1.29, 1.82) is 0 Å². The van der Waals surface area contributed by atoms with E-state index in [1.807, 2.05) is 12.2 Å². The van der Waals surface area contributed by atoms with E-state index in [-0.39, 0.29) is 65.1 Å². The standard InChI is InChI=1S/C26H20Cl2N2O5/c27-18-5-2-6-19(23(18)28)29-12-15(10-20(29)31)26(34)35-17-4-1-3-16(11-17)30-24(32)21-13-7-8-14(9-13)22(21)25(30)33/h1-8,11,13-15,21-22H,9-10,12H2/t13-,14-,15+,21-,22+/m0/s1. The second-order valence-corrected chi connectivity index (χ2v) is 10.2. The molecule has 0 radical (unpaired) electrons. The molecule has 0 aromatic heterocycles. The van der Waals surface area contributed by atoms with E-state index in [1.165, 1.54) is 15.9 Å². The van der Waals surface area contributed by atoms with Gasteiger partial charge in [-0.3, -0.25) is 19.2 Å². The van der Waals surface area contributed by atoms with Crippen LogP contribution in [-0.2, 0) is 19.2 Å². The summed E-state index contributed by atoms with van der Waals surface area (Å²) in [5.74, 6) is -2.11. The van der Waals surface area contributed by atoms with Gasteiger partial charge in [0.05, 0.1) is 39.2 Å². The molecule has 0 spiro atoms. The van der Waals surface area contributed by atoms with E-state index in [9.17, 15) is 19.2 Å². The lowest BCUT2D eigenvalue weighted by molar-refractivity contribution is -0.139. The number of fused-ring (bicyclic) bond motifs is 5. The van der Waals surface area contributed by atoms with Crippen LogP contribution in [0.15, 0.2) is 54.6 Å². The summed E-state index contributed by atoms with van der Waals surface area (Å²) in [4.78, 5) is 54.3. The molecule has 6 rings (SSSR count). The highest BCUT2D eigenvalue weighted by molar-refractivity contribution is 6.44. The largest absolute Gasteiger partial charge is 0.426 e. The van der Waals surface area contributed by atoms with Gasteiger partial charge in [0.25, 0.3) is 0 Å². The molecule has 7 nitrogen and oxygen atoms in total. The fourth-order valence-corrected chi connectivity index (χ4v) is 6.24. The van der Waals surface area contributed by atoms with Gasteiger partial charge < -0.3 is 9.64 Å². The van der Waals surface area contributed by atoms with Gasteiger partial charge in [0.2, 0.25) is 17.7 Å². The first-order chi connectivity index (χ1) is 16.8. The van der Waals surface area contributed by atoms with Gasteiger partial charge in [-0.2, -0.15) is 0 Å². The molecule has 2 aromatic rings. The van der Waals surface area contributed by atoms with Crippen LogP contribution in [0, 0.1) is 29.6 Å². The predicted molar refractivity (Wildman–Crippen MR) is 129 cm³/mol. The van der Waals surface area contributed by atoms with Gasteiger partial charge in [0, 0.05) is 19.0 Å². The second-order valence-electron chi connectivity index (χ2n) is 9.41. The Balaban J connectivity index is 1.18. The number of carbonyl (C=O) groups excluding carboxylic acids is 4. The molecule has 3 fully saturated rings. The maximum Gasteiger partial charge on any atom is 0.316 e. The number of ether oxygens (including phenoxy) is 1. The van der Waals surface area contributed by atoms with E-state index < -0.39 is 11.9 Å². The van der Waals surface area contributed by atoms with Crippen LogP contribution in [0.2, 0.25) is 10.0 Å². The molecule has 0 unspecified atom stereocenters. The molecule has 35 heavy (non-hydrogen) atoms. The van der Waals surface area contributed by atoms with Gasteiger partial charge in [0.1, 0.15) is 5.75 Å². The average molecular weight is 511 g/mol. The Hall–Kier alpha value is -3.16. The molecule has 5 atom stereocenters. The van der Waals surface area contributed by atoms with Crippen molar-refractivity contribution in [1.82, 2.24) is 0 Å². The molecule has 2 aliphatic carbocycles. The van der Waals surface area contributed by atoms with Gasteiger partial charge in [-0.15, -0.1) is 0 Å². The van der Waals surface area contributed by atoms with Crippen molar-refractivity contribution in [3.05, 3.63) is 64.7 Å². The number of allylic oxidation sites excluding steroid dienone is 2. The molecule has 178 valence electrons. The van der Waals surface area contributed by atoms with E-state index in [0.29, 0.717) is 16.4 Å². The lowest BCUT2D eigenvalue weighted by Crippen LogP contribution is -2.32. The van der Waals surface area contributed by atoms with Crippen molar-refractivity contribution >= 4 is 58.3 Å². The van der Waals surface area contributed by atoms with E-state index in [4.69, 9.17) is 27.9 Å². The molecule has 2 heterocycles. The number of amides is 3. The van der Waals surface area contributed by atoms with Crippen molar-refractivity contribution < 1.29 is 23.9 Å². The summed E-state index contributed by atoms with van der Waals surface area (Å²) in [6.07, 6.45) is 4.92. The number of hydrogen-bond donors (Lipinski definition) is 0. The van der Waals surface area contributed by atoms with Gasteiger partial charge in [0.15, 0.2) is 0 Å². The van der Waals surface area contributed by atoms with Crippen molar-refractivity contribution in [2.45, 2.75) is 12.8 Å². The summed E-state index contributed by atoms with van der Waals surface area (Å²) in [5.41, 5.74) is 0.829. The zero-order chi connectivity index (χ0) is 24.4. The number of anilines is 2. The number of halogens is 2. The SMILES string of the molecule is O=C(Oc1cccc(N2C(=O)[C@@H]3[C@H](C2=O)[C@H]2C=C[C@H]3C2)c1)[C@@H]1CC(=O)N(c2cccc(Cl)c2Cl)C1. The molecule has 0 N–H and O–H groups in total. The number of benzene rings is 2. The first kappa shape index (κ1) is 22.3. The highest BCUT2D eigenvalue weighted by atomic mass is 35.5. The third-order valence-electron chi connectivity index (χ3n) is 7.44. The monoisotopic (exact) mass is 510 g/mol. The van der Waals surface area contributed by atoms with Gasteiger partial charge in [-0.1, -0.05) is 47.5 Å². The third kappa shape index (κ3) is 3.48. The molecular formula is C26H20Cl2N2O5. The molecule has 2 aliphatic heterocycles. The molecule has 3 amide bonds. The van der Waals surface area contributed by atoms with Gasteiger partial charge >= 0.3 is 5.97 Å². The van der Waals surface area contributed by atoms with Crippen LogP contribution in [0.1, 0.15) is 12.8 Å². The summed E-state index contributed by atoms with van der Waals surface area (Å²) >= 11 is 12.3. The molecule has 4 aliphatic rings. The average Bonchev–Trinajstić information content (AvgIpc) is 3.59. The van der Waals surface area contributed by atoms with E-state index in [1.54, 1.807) is 36.4 Å². The maximum absolute atomic E-state index is 13.1. The lowest BCUT2D eigenvalue weighted by atomic mass is 9.85. The van der Waals surface area contributed by atoms with E-state index >= 15 is 0 Å². The van der Waals surface area contributed by atoms with Crippen LogP contribution >= 0.6 is 23.2 Å². The Morgan fingerprint density at radius 3 is 2.34 bits per heavy atom. The van der Waals surface area contributed by atoms with Crippen molar-refractivity contribution in [3.63, 3.8) is 0 Å². The Labute approximate surface area is 211 Å². The molecule has 2 aromatic carbocycles. The lowest BCUT2D eigenvalue weighted by Gasteiger charge is -2.19. The molecule has 2 saturated heterocycles. The normalized spacial score (nSPS) is 28.9. The summed E-state index contributed by atoms with van der Waals surface area (Å²) in [7, 11) is 0. The summed E-state index contributed by atoms with van der Waals surface area (Å²) in [5, 5.41) is 0.566. The summed E-state index contributed by atoms with van der Waals surface area (Å²) < 4.78 is 5.57. The Bertz CT molecular complexity index is 1290. The number of imide groups is 1. The minimum absolute atomic E-state index is 0.0242. The van der Waals surface area contributed by atoms with Crippen LogP contribution in [-0.4, -0.2) is 30.2 Å².